The van der Waals surface area contributed by atoms with E-state index in [0.29, 0.717) is 0 Å². The number of methoxy groups -OCH3 is 2. The number of ether oxygens (including phenoxy) is 2. The van der Waals surface area contributed by atoms with Crippen LogP contribution in [0.1, 0.15) is 33.8 Å². The summed E-state index contributed by atoms with van der Waals surface area (Å²) in [5.41, 5.74) is 2.53. The number of rotatable bonds is 6. The quantitative estimate of drug-likeness (QED) is 0.872. The third-order valence-corrected chi connectivity index (χ3v) is 4.71. The van der Waals surface area contributed by atoms with Gasteiger partial charge in [-0.1, -0.05) is 13.0 Å². The summed E-state index contributed by atoms with van der Waals surface area (Å²) in [7, 11) is 3.33. The van der Waals surface area contributed by atoms with E-state index < -0.39 is 0 Å². The van der Waals surface area contributed by atoms with Gasteiger partial charge in [-0.2, -0.15) is 0 Å². The fourth-order valence-corrected chi connectivity index (χ4v) is 3.68. The normalized spacial score (nSPS) is 12.2. The van der Waals surface area contributed by atoms with Crippen molar-refractivity contribution in [2.45, 2.75) is 26.8 Å². The van der Waals surface area contributed by atoms with Gasteiger partial charge in [0.2, 0.25) is 0 Å². The van der Waals surface area contributed by atoms with E-state index in [4.69, 9.17) is 9.47 Å². The van der Waals surface area contributed by atoms with Gasteiger partial charge in [0.25, 0.3) is 0 Å². The molecule has 2 rings (SSSR count). The van der Waals surface area contributed by atoms with Crippen molar-refractivity contribution in [1.82, 2.24) is 5.32 Å². The van der Waals surface area contributed by atoms with E-state index in [0.717, 1.165) is 18.0 Å². The second-order valence-electron chi connectivity index (χ2n) is 5.01. The number of hydrogen-bond donors (Lipinski definition) is 1. The Hall–Kier alpha value is -1.52. The number of aryl methyl sites for hydroxylation is 2. The lowest BCUT2D eigenvalue weighted by molar-refractivity contribution is 0.354. The first-order valence-electron chi connectivity index (χ1n) is 7.13. The molecule has 0 spiro atoms. The number of benzene rings is 1. The first-order valence-corrected chi connectivity index (χ1v) is 7.94. The highest BCUT2D eigenvalue weighted by Crippen LogP contribution is 2.36. The van der Waals surface area contributed by atoms with Crippen LogP contribution in [0, 0.1) is 13.8 Å². The molecule has 0 fully saturated rings. The first kappa shape index (κ1) is 15.9. The summed E-state index contributed by atoms with van der Waals surface area (Å²) in [6, 6.07) is 8.55. The van der Waals surface area contributed by atoms with Crippen molar-refractivity contribution in [3.63, 3.8) is 0 Å². The van der Waals surface area contributed by atoms with Gasteiger partial charge in [0, 0.05) is 9.75 Å². The van der Waals surface area contributed by atoms with E-state index in [9.17, 15) is 0 Å². The maximum Gasteiger partial charge on any atom is 0.161 e. The van der Waals surface area contributed by atoms with Crippen molar-refractivity contribution in [2.24, 2.45) is 0 Å². The van der Waals surface area contributed by atoms with Gasteiger partial charge in [-0.3, -0.25) is 0 Å². The van der Waals surface area contributed by atoms with Crippen LogP contribution in [0.4, 0.5) is 0 Å². The first-order chi connectivity index (χ1) is 10.1. The second-order valence-corrected chi connectivity index (χ2v) is 6.30. The lowest BCUT2D eigenvalue weighted by atomic mass is 10.0. The zero-order valence-electron chi connectivity index (χ0n) is 13.3. The van der Waals surface area contributed by atoms with Crippen LogP contribution in [-0.2, 0) is 0 Å². The molecule has 0 aliphatic rings. The van der Waals surface area contributed by atoms with Crippen LogP contribution in [0.5, 0.6) is 11.5 Å². The molecule has 1 N–H and O–H groups in total. The second kappa shape index (κ2) is 6.96. The summed E-state index contributed by atoms with van der Waals surface area (Å²) in [5, 5.41) is 3.57. The molecule has 1 atom stereocenters. The van der Waals surface area contributed by atoms with Gasteiger partial charge in [-0.15, -0.1) is 11.3 Å². The highest BCUT2D eigenvalue weighted by Gasteiger charge is 2.19. The third-order valence-electron chi connectivity index (χ3n) is 3.49. The van der Waals surface area contributed by atoms with Crippen molar-refractivity contribution in [1.29, 1.82) is 0 Å². The minimum absolute atomic E-state index is 0.188. The van der Waals surface area contributed by atoms with Crippen molar-refractivity contribution in [3.8, 4) is 11.5 Å². The molecule has 0 aliphatic heterocycles. The summed E-state index contributed by atoms with van der Waals surface area (Å²) in [6.07, 6.45) is 0. The van der Waals surface area contributed by atoms with E-state index in [1.54, 1.807) is 14.2 Å². The van der Waals surface area contributed by atoms with Gasteiger partial charge in [0.05, 0.1) is 20.3 Å². The molecule has 0 bridgehead atoms. The Morgan fingerprint density at radius 3 is 2.33 bits per heavy atom. The molecule has 114 valence electrons. The Balaban J connectivity index is 2.45. The molecule has 2 aromatic rings. The van der Waals surface area contributed by atoms with Crippen molar-refractivity contribution in [2.75, 3.05) is 20.8 Å². The van der Waals surface area contributed by atoms with Gasteiger partial charge >= 0.3 is 0 Å². The smallest absolute Gasteiger partial charge is 0.161 e. The molecule has 0 radical (unpaired) electrons. The van der Waals surface area contributed by atoms with Crippen LogP contribution >= 0.6 is 11.3 Å². The van der Waals surface area contributed by atoms with Crippen LogP contribution in [0.3, 0.4) is 0 Å². The summed E-state index contributed by atoms with van der Waals surface area (Å²) in [5.74, 6) is 1.53. The molecule has 21 heavy (non-hydrogen) atoms. The maximum absolute atomic E-state index is 5.43. The van der Waals surface area contributed by atoms with Gasteiger partial charge < -0.3 is 14.8 Å². The molecule has 3 nitrogen and oxygen atoms in total. The molecular weight excluding hydrogens is 282 g/mol. The number of nitrogens with one attached hydrogen (secondary N) is 1. The molecule has 1 heterocycles. The Morgan fingerprint density at radius 2 is 1.81 bits per heavy atom. The average molecular weight is 305 g/mol. The molecule has 0 aliphatic carbocycles. The van der Waals surface area contributed by atoms with Crippen molar-refractivity contribution >= 4 is 11.3 Å². The highest BCUT2D eigenvalue weighted by molar-refractivity contribution is 7.12. The zero-order valence-corrected chi connectivity index (χ0v) is 14.1. The molecule has 1 aromatic heterocycles. The van der Waals surface area contributed by atoms with E-state index in [2.05, 4.69) is 44.3 Å². The van der Waals surface area contributed by atoms with E-state index in [1.807, 2.05) is 17.4 Å². The zero-order chi connectivity index (χ0) is 15.4. The summed E-state index contributed by atoms with van der Waals surface area (Å²) >= 11 is 1.85. The van der Waals surface area contributed by atoms with Gasteiger partial charge in [-0.25, -0.2) is 0 Å². The van der Waals surface area contributed by atoms with E-state index in [-0.39, 0.29) is 6.04 Å². The summed E-state index contributed by atoms with van der Waals surface area (Å²) in [4.78, 5) is 2.70. The van der Waals surface area contributed by atoms with Crippen molar-refractivity contribution in [3.05, 3.63) is 45.1 Å². The SMILES string of the molecule is CCNC(c1ccc(OC)c(OC)c1)c1sc(C)cc1C. The molecule has 0 saturated carbocycles. The lowest BCUT2D eigenvalue weighted by Gasteiger charge is -2.20. The number of hydrogen-bond acceptors (Lipinski definition) is 4. The largest absolute Gasteiger partial charge is 0.493 e. The Labute approximate surface area is 130 Å². The molecule has 4 heteroatoms. The molecule has 0 saturated heterocycles. The van der Waals surface area contributed by atoms with Crippen molar-refractivity contribution < 1.29 is 9.47 Å². The van der Waals surface area contributed by atoms with Crippen LogP contribution < -0.4 is 14.8 Å². The monoisotopic (exact) mass is 305 g/mol. The maximum atomic E-state index is 5.43. The topological polar surface area (TPSA) is 30.5 Å². The Morgan fingerprint density at radius 1 is 1.10 bits per heavy atom. The third kappa shape index (κ3) is 3.39. The lowest BCUT2D eigenvalue weighted by Crippen LogP contribution is -2.21. The molecule has 0 amide bonds. The predicted molar refractivity (Wildman–Crippen MR) is 88.9 cm³/mol. The van der Waals surface area contributed by atoms with E-state index in [1.165, 1.54) is 20.9 Å². The minimum Gasteiger partial charge on any atom is -0.493 e. The average Bonchev–Trinajstić information content (AvgIpc) is 2.82. The summed E-state index contributed by atoms with van der Waals surface area (Å²) < 4.78 is 10.7. The predicted octanol–water partition coefficient (Wildman–Crippen LogP) is 4.08. The van der Waals surface area contributed by atoms with Gasteiger partial charge in [-0.05, 0) is 49.7 Å². The van der Waals surface area contributed by atoms with Crippen LogP contribution in [0.15, 0.2) is 24.3 Å². The van der Waals surface area contributed by atoms with Crippen LogP contribution in [-0.4, -0.2) is 20.8 Å². The van der Waals surface area contributed by atoms with E-state index >= 15 is 0 Å². The van der Waals surface area contributed by atoms with Gasteiger partial charge in [0.1, 0.15) is 0 Å². The molecule has 1 unspecified atom stereocenters. The molecular formula is C17H23NO2S. The van der Waals surface area contributed by atoms with Crippen LogP contribution in [0.25, 0.3) is 0 Å². The summed E-state index contributed by atoms with van der Waals surface area (Å²) in [6.45, 7) is 7.36. The fourth-order valence-electron chi connectivity index (χ4n) is 2.54. The minimum atomic E-state index is 0.188. The number of thiophene rings is 1. The molecule has 1 aromatic carbocycles. The standard InChI is InChI=1S/C17H23NO2S/c1-6-18-16(17-11(2)9-12(3)21-17)13-7-8-14(19-4)15(10-13)20-5/h7-10,16,18H,6H2,1-5H3. The van der Waals surface area contributed by atoms with Crippen LogP contribution in [0.2, 0.25) is 0 Å². The highest BCUT2D eigenvalue weighted by atomic mass is 32.1. The fraction of sp³-hybridized carbons (Fsp3) is 0.412. The Kier molecular flexibility index (Phi) is 5.26. The Bertz CT molecular complexity index is 607. The van der Waals surface area contributed by atoms with Gasteiger partial charge in [0.15, 0.2) is 11.5 Å².